The van der Waals surface area contributed by atoms with Gasteiger partial charge in [-0.05, 0) is 30.0 Å². The molecular formula is C16H18N4S. The molecule has 0 amide bonds. The van der Waals surface area contributed by atoms with Crippen LogP contribution in [-0.4, -0.2) is 21.3 Å². The molecule has 0 fully saturated rings. The fourth-order valence-corrected chi connectivity index (χ4v) is 2.88. The van der Waals surface area contributed by atoms with Gasteiger partial charge in [-0.15, -0.1) is 11.3 Å². The quantitative estimate of drug-likeness (QED) is 0.784. The monoisotopic (exact) mass is 298 g/mol. The summed E-state index contributed by atoms with van der Waals surface area (Å²) in [4.78, 5) is 5.74. The number of thiophene rings is 1. The number of nitrogens with zero attached hydrogens (tertiary/aromatic N) is 3. The van der Waals surface area contributed by atoms with E-state index in [4.69, 9.17) is 0 Å². The zero-order valence-corrected chi connectivity index (χ0v) is 13.0. The van der Waals surface area contributed by atoms with Gasteiger partial charge in [0.2, 0.25) is 0 Å². The first kappa shape index (κ1) is 13.8. The molecule has 0 saturated carbocycles. The second-order valence-corrected chi connectivity index (χ2v) is 5.89. The van der Waals surface area contributed by atoms with E-state index in [1.165, 1.54) is 11.3 Å². The van der Waals surface area contributed by atoms with Crippen LogP contribution in [0.15, 0.2) is 41.8 Å². The maximum Gasteiger partial charge on any atom is 0.191 e. The number of hydrogen-bond donors (Lipinski definition) is 1. The summed E-state index contributed by atoms with van der Waals surface area (Å²) in [5, 5.41) is 9.99. The summed E-state index contributed by atoms with van der Waals surface area (Å²) in [7, 11) is 1.95. The van der Waals surface area contributed by atoms with Gasteiger partial charge in [0.25, 0.3) is 0 Å². The van der Waals surface area contributed by atoms with Gasteiger partial charge in [0, 0.05) is 25.7 Å². The van der Waals surface area contributed by atoms with Crippen molar-refractivity contribution in [3.05, 3.63) is 53.2 Å². The lowest BCUT2D eigenvalue weighted by atomic mass is 10.2. The molecule has 0 aliphatic heterocycles. The first-order valence-electron chi connectivity index (χ1n) is 6.97. The number of aryl methyl sites for hydroxylation is 2. The predicted octanol–water partition coefficient (Wildman–Crippen LogP) is 3.51. The van der Waals surface area contributed by atoms with E-state index in [0.29, 0.717) is 0 Å². The fourth-order valence-electron chi connectivity index (χ4n) is 2.22. The Morgan fingerprint density at radius 1 is 1.19 bits per heavy atom. The van der Waals surface area contributed by atoms with Crippen LogP contribution >= 0.6 is 11.3 Å². The van der Waals surface area contributed by atoms with Crippen molar-refractivity contribution in [3.8, 4) is 10.7 Å². The molecule has 0 saturated heterocycles. The third kappa shape index (κ3) is 3.13. The molecule has 0 aliphatic rings. The molecular weight excluding hydrogens is 280 g/mol. The Labute approximate surface area is 128 Å². The SMILES string of the molecule is Cc1ccccc1NCCc1nc(-c2cccs2)nn1C. The minimum atomic E-state index is 0.818. The summed E-state index contributed by atoms with van der Waals surface area (Å²) >= 11 is 1.67. The molecule has 2 heterocycles. The average molecular weight is 298 g/mol. The lowest BCUT2D eigenvalue weighted by molar-refractivity contribution is 0.702. The second-order valence-electron chi connectivity index (χ2n) is 4.94. The van der Waals surface area contributed by atoms with Gasteiger partial charge < -0.3 is 5.32 Å². The highest BCUT2D eigenvalue weighted by Gasteiger charge is 2.09. The van der Waals surface area contributed by atoms with E-state index in [1.807, 2.05) is 29.2 Å². The minimum absolute atomic E-state index is 0.818. The Balaban J connectivity index is 1.65. The van der Waals surface area contributed by atoms with E-state index < -0.39 is 0 Å². The number of nitrogens with one attached hydrogen (secondary N) is 1. The van der Waals surface area contributed by atoms with E-state index >= 15 is 0 Å². The topological polar surface area (TPSA) is 42.7 Å². The maximum atomic E-state index is 4.63. The van der Waals surface area contributed by atoms with Crippen molar-refractivity contribution in [3.63, 3.8) is 0 Å². The zero-order chi connectivity index (χ0) is 14.7. The Morgan fingerprint density at radius 2 is 2.05 bits per heavy atom. The van der Waals surface area contributed by atoms with Crippen LogP contribution in [0.3, 0.4) is 0 Å². The van der Waals surface area contributed by atoms with Crippen LogP contribution in [0.2, 0.25) is 0 Å². The van der Waals surface area contributed by atoms with Crippen LogP contribution in [0, 0.1) is 6.92 Å². The van der Waals surface area contributed by atoms with Gasteiger partial charge in [-0.1, -0.05) is 24.3 Å². The first-order chi connectivity index (χ1) is 10.2. The summed E-state index contributed by atoms with van der Waals surface area (Å²) in [5.74, 6) is 1.82. The fraction of sp³-hybridized carbons (Fsp3) is 0.250. The number of hydrogen-bond acceptors (Lipinski definition) is 4. The van der Waals surface area contributed by atoms with Gasteiger partial charge in [0.1, 0.15) is 5.82 Å². The standard InChI is InChI=1S/C16H18N4S/c1-12-6-3-4-7-13(12)17-10-9-15-18-16(19-20(15)2)14-8-5-11-21-14/h3-8,11,17H,9-10H2,1-2H3. The number of rotatable bonds is 5. The highest BCUT2D eigenvalue weighted by molar-refractivity contribution is 7.13. The molecule has 1 aromatic carbocycles. The van der Waals surface area contributed by atoms with Crippen molar-refractivity contribution in [1.82, 2.24) is 14.8 Å². The molecule has 3 aromatic rings. The Morgan fingerprint density at radius 3 is 2.81 bits per heavy atom. The van der Waals surface area contributed by atoms with Gasteiger partial charge in [-0.25, -0.2) is 4.98 Å². The molecule has 4 nitrogen and oxygen atoms in total. The third-order valence-electron chi connectivity index (χ3n) is 3.40. The highest BCUT2D eigenvalue weighted by Crippen LogP contribution is 2.21. The smallest absolute Gasteiger partial charge is 0.191 e. The molecule has 2 aromatic heterocycles. The van der Waals surface area contributed by atoms with Gasteiger partial charge >= 0.3 is 0 Å². The van der Waals surface area contributed by atoms with Crippen molar-refractivity contribution in [2.45, 2.75) is 13.3 Å². The molecule has 5 heteroatoms. The molecule has 108 valence electrons. The molecule has 0 bridgehead atoms. The largest absolute Gasteiger partial charge is 0.384 e. The van der Waals surface area contributed by atoms with Crippen LogP contribution in [0.5, 0.6) is 0 Å². The highest BCUT2D eigenvalue weighted by atomic mass is 32.1. The maximum absolute atomic E-state index is 4.63. The van der Waals surface area contributed by atoms with E-state index in [0.717, 1.165) is 29.5 Å². The Hall–Kier alpha value is -2.14. The van der Waals surface area contributed by atoms with E-state index in [-0.39, 0.29) is 0 Å². The van der Waals surface area contributed by atoms with Crippen molar-refractivity contribution in [2.24, 2.45) is 7.05 Å². The number of anilines is 1. The number of aromatic nitrogens is 3. The van der Waals surface area contributed by atoms with Crippen LogP contribution in [0.25, 0.3) is 10.7 Å². The lowest BCUT2D eigenvalue weighted by Gasteiger charge is -2.08. The summed E-state index contributed by atoms with van der Waals surface area (Å²) in [5.41, 5.74) is 2.44. The molecule has 21 heavy (non-hydrogen) atoms. The van der Waals surface area contributed by atoms with Crippen molar-refractivity contribution in [1.29, 1.82) is 0 Å². The van der Waals surface area contributed by atoms with Crippen molar-refractivity contribution >= 4 is 17.0 Å². The normalized spacial score (nSPS) is 10.8. The number of benzene rings is 1. The van der Waals surface area contributed by atoms with E-state index in [9.17, 15) is 0 Å². The lowest BCUT2D eigenvalue weighted by Crippen LogP contribution is -2.09. The summed E-state index contributed by atoms with van der Waals surface area (Å²) in [6.45, 7) is 2.96. The molecule has 0 atom stereocenters. The van der Waals surface area contributed by atoms with Crippen molar-refractivity contribution < 1.29 is 0 Å². The molecule has 1 N–H and O–H groups in total. The Kier molecular flexibility index (Phi) is 4.01. The summed E-state index contributed by atoms with van der Waals surface area (Å²) in [6.07, 6.45) is 0.850. The van der Waals surface area contributed by atoms with Crippen LogP contribution in [0.1, 0.15) is 11.4 Å². The van der Waals surface area contributed by atoms with Gasteiger partial charge in [0.15, 0.2) is 5.82 Å². The van der Waals surface area contributed by atoms with Crippen molar-refractivity contribution in [2.75, 3.05) is 11.9 Å². The van der Waals surface area contributed by atoms with Gasteiger partial charge in [0.05, 0.1) is 4.88 Å². The van der Waals surface area contributed by atoms with Gasteiger partial charge in [-0.2, -0.15) is 5.10 Å². The van der Waals surface area contributed by atoms with Crippen LogP contribution in [0.4, 0.5) is 5.69 Å². The first-order valence-corrected chi connectivity index (χ1v) is 7.85. The average Bonchev–Trinajstić information content (AvgIpc) is 3.11. The molecule has 0 spiro atoms. The second kappa shape index (κ2) is 6.10. The Bertz CT molecular complexity index is 716. The summed E-state index contributed by atoms with van der Waals surface area (Å²) < 4.78 is 1.87. The van der Waals surface area contributed by atoms with Crippen LogP contribution < -0.4 is 5.32 Å². The van der Waals surface area contributed by atoms with Crippen LogP contribution in [-0.2, 0) is 13.5 Å². The summed E-state index contributed by atoms with van der Waals surface area (Å²) in [6, 6.07) is 12.4. The van der Waals surface area contributed by atoms with Gasteiger partial charge in [-0.3, -0.25) is 4.68 Å². The molecule has 0 aliphatic carbocycles. The van der Waals surface area contributed by atoms with E-state index in [1.54, 1.807) is 11.3 Å². The number of para-hydroxylation sites is 1. The van der Waals surface area contributed by atoms with E-state index in [2.05, 4.69) is 46.6 Å². The molecule has 0 radical (unpaired) electrons. The third-order valence-corrected chi connectivity index (χ3v) is 4.27. The zero-order valence-electron chi connectivity index (χ0n) is 12.2. The molecule has 0 unspecified atom stereocenters. The predicted molar refractivity (Wildman–Crippen MR) is 87.7 cm³/mol. The molecule has 3 rings (SSSR count). The minimum Gasteiger partial charge on any atom is -0.384 e.